The Hall–Kier alpha value is -2.35. The monoisotopic (exact) mass is 329 g/mol. The Morgan fingerprint density at radius 1 is 1.14 bits per heavy atom. The predicted octanol–water partition coefficient (Wildman–Crippen LogP) is 3.38. The Balaban J connectivity index is 2.13. The molecule has 2 aromatic rings. The van der Waals surface area contributed by atoms with Crippen molar-refractivity contribution < 1.29 is 27.9 Å². The van der Waals surface area contributed by atoms with Crippen LogP contribution in [-0.4, -0.2) is 23.0 Å². The molecule has 0 saturated carbocycles. The van der Waals surface area contributed by atoms with Crippen LogP contribution in [-0.2, 0) is 11.2 Å². The number of hydrogen-bond acceptors (Lipinski definition) is 4. The van der Waals surface area contributed by atoms with E-state index in [1.54, 1.807) is 5.32 Å². The lowest BCUT2D eigenvalue weighted by Crippen LogP contribution is -2.30. The lowest BCUT2D eigenvalue weighted by Gasteiger charge is -2.08. The Labute approximate surface area is 127 Å². The zero-order valence-corrected chi connectivity index (χ0v) is 11.8. The van der Waals surface area contributed by atoms with Crippen molar-refractivity contribution in [1.82, 2.24) is 0 Å². The van der Waals surface area contributed by atoms with Gasteiger partial charge in [-0.3, -0.25) is 9.59 Å². The number of phenols is 1. The van der Waals surface area contributed by atoms with Gasteiger partial charge in [-0.1, -0.05) is 12.1 Å². The molecule has 1 heterocycles. The molecule has 0 aliphatic carbocycles. The number of ketones is 1. The molecule has 0 fully saturated rings. The highest BCUT2D eigenvalue weighted by atomic mass is 32.1. The summed E-state index contributed by atoms with van der Waals surface area (Å²) in [5.74, 6) is -2.50. The number of amides is 1. The van der Waals surface area contributed by atoms with Crippen molar-refractivity contribution in [2.24, 2.45) is 0 Å². The number of benzene rings is 1. The van der Waals surface area contributed by atoms with Gasteiger partial charge in [-0.2, -0.15) is 13.2 Å². The molecule has 1 amide bonds. The number of alkyl halides is 3. The van der Waals surface area contributed by atoms with E-state index < -0.39 is 17.9 Å². The summed E-state index contributed by atoms with van der Waals surface area (Å²) in [6, 6.07) is 7.24. The van der Waals surface area contributed by atoms with Gasteiger partial charge in [0, 0.05) is 6.42 Å². The van der Waals surface area contributed by atoms with E-state index in [0.717, 1.165) is 11.3 Å². The molecule has 1 aromatic carbocycles. The molecule has 0 aliphatic heterocycles. The van der Waals surface area contributed by atoms with Crippen LogP contribution in [0.25, 0.3) is 0 Å². The summed E-state index contributed by atoms with van der Waals surface area (Å²) in [4.78, 5) is 23.1. The maximum Gasteiger partial charge on any atom is 0.471 e. The van der Waals surface area contributed by atoms with Crippen LogP contribution in [0.15, 0.2) is 35.7 Å². The first-order valence-electron chi connectivity index (χ1n) is 6.04. The second kappa shape index (κ2) is 6.18. The highest BCUT2D eigenvalue weighted by Crippen LogP contribution is 2.27. The topological polar surface area (TPSA) is 66.4 Å². The number of Topliss-reactive ketones (excluding diaryl/α,β-unsaturated/α-hetero) is 1. The van der Waals surface area contributed by atoms with Crippen LogP contribution in [0.2, 0.25) is 0 Å². The van der Waals surface area contributed by atoms with Crippen molar-refractivity contribution in [1.29, 1.82) is 0 Å². The van der Waals surface area contributed by atoms with Crippen LogP contribution in [0.1, 0.15) is 15.9 Å². The van der Waals surface area contributed by atoms with Gasteiger partial charge >= 0.3 is 12.1 Å². The van der Waals surface area contributed by atoms with Crippen molar-refractivity contribution in [3.05, 3.63) is 46.8 Å². The molecular formula is C14H10F3NO3S. The van der Waals surface area contributed by atoms with Crippen molar-refractivity contribution in [3.8, 4) is 5.75 Å². The molecule has 0 radical (unpaired) electrons. The summed E-state index contributed by atoms with van der Waals surface area (Å²) in [7, 11) is 0. The molecule has 1 aromatic heterocycles. The second-order valence-electron chi connectivity index (χ2n) is 4.38. The quantitative estimate of drug-likeness (QED) is 0.845. The number of phenolic OH excluding ortho intramolecular Hbond substituents is 1. The number of rotatable bonds is 4. The molecule has 22 heavy (non-hydrogen) atoms. The Kier molecular flexibility index (Phi) is 4.51. The van der Waals surface area contributed by atoms with E-state index in [1.807, 2.05) is 0 Å². The summed E-state index contributed by atoms with van der Waals surface area (Å²) >= 11 is 0.843. The van der Waals surface area contributed by atoms with Crippen LogP contribution < -0.4 is 5.32 Å². The molecule has 0 atom stereocenters. The molecule has 2 N–H and O–H groups in total. The first kappa shape index (κ1) is 16.0. The minimum atomic E-state index is -5.01. The molecule has 0 bridgehead atoms. The second-order valence-corrected chi connectivity index (χ2v) is 5.30. The van der Waals surface area contributed by atoms with Gasteiger partial charge in [-0.05, 0) is 29.1 Å². The van der Waals surface area contributed by atoms with E-state index in [1.165, 1.54) is 35.7 Å². The fourth-order valence-electron chi connectivity index (χ4n) is 1.69. The summed E-state index contributed by atoms with van der Waals surface area (Å²) in [5, 5.41) is 12.2. The van der Waals surface area contributed by atoms with E-state index in [0.29, 0.717) is 5.56 Å². The normalized spacial score (nSPS) is 11.2. The minimum Gasteiger partial charge on any atom is -0.508 e. The third kappa shape index (κ3) is 3.85. The van der Waals surface area contributed by atoms with Gasteiger partial charge in [0.05, 0.1) is 5.56 Å². The molecule has 116 valence electrons. The number of aromatic hydroxyl groups is 1. The largest absolute Gasteiger partial charge is 0.508 e. The maximum atomic E-state index is 12.2. The average molecular weight is 329 g/mol. The van der Waals surface area contributed by atoms with Crippen molar-refractivity contribution in [2.75, 3.05) is 5.32 Å². The summed E-state index contributed by atoms with van der Waals surface area (Å²) in [6.45, 7) is 0. The van der Waals surface area contributed by atoms with E-state index in [9.17, 15) is 22.8 Å². The van der Waals surface area contributed by atoms with Gasteiger partial charge in [-0.15, -0.1) is 11.3 Å². The lowest BCUT2D eigenvalue weighted by molar-refractivity contribution is -0.167. The Morgan fingerprint density at radius 2 is 1.77 bits per heavy atom. The molecule has 4 nitrogen and oxygen atoms in total. The molecule has 8 heteroatoms. The van der Waals surface area contributed by atoms with Gasteiger partial charge in [-0.25, -0.2) is 0 Å². The van der Waals surface area contributed by atoms with Gasteiger partial charge in [0.2, 0.25) is 0 Å². The number of anilines is 1. The standard InChI is InChI=1S/C14H10F3NO3S/c15-14(16,17)13(21)18-12-10(5-6-22-12)11(20)7-8-1-3-9(19)4-2-8/h1-6,19H,7H2,(H,18,21). The molecular weight excluding hydrogens is 319 g/mol. The minimum absolute atomic E-state index is 0.0238. The van der Waals surface area contributed by atoms with Crippen LogP contribution in [0.3, 0.4) is 0 Å². The van der Waals surface area contributed by atoms with Crippen LogP contribution in [0, 0.1) is 0 Å². The van der Waals surface area contributed by atoms with E-state index in [-0.39, 0.29) is 22.7 Å². The third-order valence-electron chi connectivity index (χ3n) is 2.75. The third-order valence-corrected chi connectivity index (χ3v) is 3.58. The highest BCUT2D eigenvalue weighted by molar-refractivity contribution is 7.14. The van der Waals surface area contributed by atoms with Gasteiger partial charge in [0.1, 0.15) is 10.8 Å². The van der Waals surface area contributed by atoms with Gasteiger partial charge in [0.25, 0.3) is 0 Å². The van der Waals surface area contributed by atoms with Crippen molar-refractivity contribution in [2.45, 2.75) is 12.6 Å². The number of carbonyl (C=O) groups excluding carboxylic acids is 2. The maximum absolute atomic E-state index is 12.2. The SMILES string of the molecule is O=C(Cc1ccc(O)cc1)c1ccsc1NC(=O)C(F)(F)F. The number of halogens is 3. The number of carbonyl (C=O) groups is 2. The Morgan fingerprint density at radius 3 is 2.36 bits per heavy atom. The lowest BCUT2D eigenvalue weighted by atomic mass is 10.0. The van der Waals surface area contributed by atoms with Crippen LogP contribution in [0.5, 0.6) is 5.75 Å². The summed E-state index contributed by atoms with van der Waals surface area (Å²) in [5.41, 5.74) is 0.623. The summed E-state index contributed by atoms with van der Waals surface area (Å²) in [6.07, 6.45) is -5.06. The Bertz CT molecular complexity index is 692. The van der Waals surface area contributed by atoms with Gasteiger partial charge < -0.3 is 10.4 Å². The number of nitrogens with one attached hydrogen (secondary N) is 1. The number of thiophene rings is 1. The van der Waals surface area contributed by atoms with Crippen molar-refractivity contribution >= 4 is 28.0 Å². The van der Waals surface area contributed by atoms with E-state index in [2.05, 4.69) is 0 Å². The zero-order valence-electron chi connectivity index (χ0n) is 11.0. The summed E-state index contributed by atoms with van der Waals surface area (Å²) < 4.78 is 36.7. The molecule has 0 unspecified atom stereocenters. The number of hydrogen-bond donors (Lipinski definition) is 2. The average Bonchev–Trinajstić information content (AvgIpc) is 2.88. The molecule has 0 saturated heterocycles. The smallest absolute Gasteiger partial charge is 0.471 e. The zero-order chi connectivity index (χ0) is 16.3. The van der Waals surface area contributed by atoms with Gasteiger partial charge in [0.15, 0.2) is 5.78 Å². The van der Waals surface area contributed by atoms with E-state index in [4.69, 9.17) is 5.11 Å². The van der Waals surface area contributed by atoms with Crippen molar-refractivity contribution in [3.63, 3.8) is 0 Å². The highest BCUT2D eigenvalue weighted by Gasteiger charge is 2.39. The molecule has 0 spiro atoms. The van der Waals surface area contributed by atoms with Crippen LogP contribution >= 0.6 is 11.3 Å². The van der Waals surface area contributed by atoms with E-state index >= 15 is 0 Å². The first-order valence-corrected chi connectivity index (χ1v) is 6.92. The molecule has 0 aliphatic rings. The first-order chi connectivity index (χ1) is 10.3. The predicted molar refractivity (Wildman–Crippen MR) is 75.1 cm³/mol. The van der Waals surface area contributed by atoms with Crippen LogP contribution in [0.4, 0.5) is 18.2 Å². The fourth-order valence-corrected chi connectivity index (χ4v) is 2.49. The molecule has 2 rings (SSSR count). The fraction of sp³-hybridized carbons (Fsp3) is 0.143.